The van der Waals surface area contributed by atoms with E-state index in [4.69, 9.17) is 5.11 Å². The largest absolute Gasteiger partial charge is 0.396 e. The van der Waals surface area contributed by atoms with Crippen LogP contribution in [0.3, 0.4) is 0 Å². The Bertz CT molecular complexity index is 70.1. The molecule has 0 heterocycles. The van der Waals surface area contributed by atoms with Gasteiger partial charge in [0.15, 0.2) is 0 Å². The number of rotatable bonds is 2. The van der Waals surface area contributed by atoms with Crippen LogP contribution in [0.15, 0.2) is 7.66 Å². The van der Waals surface area contributed by atoms with Crippen LogP contribution in [0.4, 0.5) is 0 Å². The van der Waals surface area contributed by atoms with Crippen molar-refractivity contribution >= 4 is 45.2 Å². The third-order valence-electron chi connectivity index (χ3n) is 0.469. The molecule has 42 valence electrons. The first-order chi connectivity index (χ1) is 3.31. The molecule has 0 fully saturated rings. The smallest absolute Gasteiger partial charge is 0.0476 e. The van der Waals surface area contributed by atoms with E-state index in [1.165, 1.54) is 3.58 Å². The molecule has 0 bridgehead atoms. The first-order valence-electron chi connectivity index (χ1n) is 1.87. The summed E-state index contributed by atoms with van der Waals surface area (Å²) in [6.45, 7) is 0.262. The van der Waals surface area contributed by atoms with E-state index in [2.05, 4.69) is 45.2 Å². The molecule has 3 heteroatoms. The van der Waals surface area contributed by atoms with Crippen LogP contribution in [0.1, 0.15) is 6.42 Å². The Morgan fingerprint density at radius 3 is 2.43 bits per heavy atom. The van der Waals surface area contributed by atoms with Gasteiger partial charge in [0.25, 0.3) is 0 Å². The van der Waals surface area contributed by atoms with Gasteiger partial charge in [0.05, 0.1) is 0 Å². The van der Waals surface area contributed by atoms with Gasteiger partial charge in [-0.05, 0) is 30.3 Å². The van der Waals surface area contributed by atoms with E-state index in [0.29, 0.717) is 0 Å². The van der Waals surface area contributed by atoms with Crippen molar-refractivity contribution in [2.75, 3.05) is 6.61 Å². The van der Waals surface area contributed by atoms with Crippen molar-refractivity contribution in [1.29, 1.82) is 0 Å². The molecular formula is C4H6I2O. The summed E-state index contributed by atoms with van der Waals surface area (Å²) in [7, 11) is 0. The van der Waals surface area contributed by atoms with Crippen LogP contribution >= 0.6 is 45.2 Å². The molecule has 0 rings (SSSR count). The van der Waals surface area contributed by atoms with Gasteiger partial charge in [0, 0.05) is 13.0 Å². The zero-order valence-electron chi connectivity index (χ0n) is 3.69. The van der Waals surface area contributed by atoms with Gasteiger partial charge in [-0.2, -0.15) is 0 Å². The fraction of sp³-hybridized carbons (Fsp3) is 0.500. The van der Waals surface area contributed by atoms with Crippen LogP contribution < -0.4 is 0 Å². The van der Waals surface area contributed by atoms with E-state index in [1.54, 1.807) is 0 Å². The summed E-state index contributed by atoms with van der Waals surface area (Å²) in [6, 6.07) is 0. The zero-order valence-corrected chi connectivity index (χ0v) is 8.01. The summed E-state index contributed by atoms with van der Waals surface area (Å²) in [4.78, 5) is 0. The second kappa shape index (κ2) is 5.30. The molecule has 1 N–H and O–H groups in total. The summed E-state index contributed by atoms with van der Waals surface area (Å²) in [5.74, 6) is 0. The van der Waals surface area contributed by atoms with Crippen LogP contribution in [0.25, 0.3) is 0 Å². The van der Waals surface area contributed by atoms with Crippen molar-refractivity contribution in [1.82, 2.24) is 0 Å². The number of aliphatic hydroxyl groups excluding tert-OH is 1. The molecule has 0 aromatic carbocycles. The molecule has 0 saturated heterocycles. The average molecular weight is 324 g/mol. The van der Waals surface area contributed by atoms with Crippen LogP contribution in [-0.4, -0.2) is 11.7 Å². The molecule has 0 aliphatic rings. The summed E-state index contributed by atoms with van der Waals surface area (Å²) in [5, 5.41) is 8.32. The monoisotopic (exact) mass is 324 g/mol. The Balaban J connectivity index is 3.17. The highest BCUT2D eigenvalue weighted by Crippen LogP contribution is 2.11. The van der Waals surface area contributed by atoms with Gasteiger partial charge >= 0.3 is 0 Å². The maximum absolute atomic E-state index is 8.32. The zero-order chi connectivity index (χ0) is 5.70. The molecule has 0 spiro atoms. The third-order valence-corrected chi connectivity index (χ3v) is 3.26. The number of hydrogen-bond acceptors (Lipinski definition) is 1. The lowest BCUT2D eigenvalue weighted by Gasteiger charge is -1.87. The van der Waals surface area contributed by atoms with Gasteiger partial charge < -0.3 is 5.11 Å². The molecule has 0 aromatic rings. The van der Waals surface area contributed by atoms with Crippen molar-refractivity contribution in [3.63, 3.8) is 0 Å². The highest BCUT2D eigenvalue weighted by atomic mass is 127. The summed E-state index contributed by atoms with van der Waals surface area (Å²) in [5.41, 5.74) is 0. The molecule has 0 amide bonds. The van der Waals surface area contributed by atoms with Crippen LogP contribution in [0.2, 0.25) is 0 Å². The standard InChI is InChI=1S/C4H6I2O/c5-3-4(6)1-2-7/h3,7H,1-2H2. The summed E-state index contributed by atoms with van der Waals surface area (Å²) >= 11 is 4.36. The first-order valence-corrected chi connectivity index (χ1v) is 4.19. The second-order valence-corrected chi connectivity index (χ2v) is 3.04. The van der Waals surface area contributed by atoms with Gasteiger partial charge in [0.2, 0.25) is 0 Å². The molecular weight excluding hydrogens is 318 g/mol. The van der Waals surface area contributed by atoms with Gasteiger partial charge in [-0.15, -0.1) is 0 Å². The van der Waals surface area contributed by atoms with E-state index in [-0.39, 0.29) is 6.61 Å². The third kappa shape index (κ3) is 5.02. The summed E-state index contributed by atoms with van der Waals surface area (Å²) in [6.07, 6.45) is 0.795. The lowest BCUT2D eigenvalue weighted by Crippen LogP contribution is -1.78. The maximum Gasteiger partial charge on any atom is 0.0476 e. The first kappa shape index (κ1) is 8.16. The van der Waals surface area contributed by atoms with Gasteiger partial charge in [0.1, 0.15) is 0 Å². The van der Waals surface area contributed by atoms with E-state index in [1.807, 2.05) is 4.08 Å². The Kier molecular flexibility index (Phi) is 6.18. The number of halogens is 2. The fourth-order valence-electron chi connectivity index (χ4n) is 0.161. The van der Waals surface area contributed by atoms with Crippen molar-refractivity contribution < 1.29 is 5.11 Å². The minimum Gasteiger partial charge on any atom is -0.396 e. The Morgan fingerprint density at radius 2 is 2.29 bits per heavy atom. The van der Waals surface area contributed by atoms with Crippen molar-refractivity contribution in [3.05, 3.63) is 7.66 Å². The highest BCUT2D eigenvalue weighted by Gasteiger charge is 1.84. The molecule has 0 unspecified atom stereocenters. The number of aliphatic hydroxyl groups is 1. The Hall–Kier alpha value is 1.16. The number of hydrogen-bond donors (Lipinski definition) is 1. The van der Waals surface area contributed by atoms with Gasteiger partial charge in [-0.25, -0.2) is 0 Å². The van der Waals surface area contributed by atoms with E-state index >= 15 is 0 Å². The normalized spacial score (nSPS) is 12.1. The molecule has 0 aliphatic heterocycles. The van der Waals surface area contributed by atoms with Crippen LogP contribution in [0.5, 0.6) is 0 Å². The summed E-state index contributed by atoms with van der Waals surface area (Å²) < 4.78 is 3.18. The SMILES string of the molecule is OCCC(I)=CI. The van der Waals surface area contributed by atoms with Gasteiger partial charge in [-0.3, -0.25) is 0 Å². The molecule has 7 heavy (non-hydrogen) atoms. The maximum atomic E-state index is 8.32. The Morgan fingerprint density at radius 1 is 1.71 bits per heavy atom. The van der Waals surface area contributed by atoms with E-state index in [0.717, 1.165) is 6.42 Å². The predicted molar refractivity (Wildman–Crippen MR) is 47.8 cm³/mol. The molecule has 0 atom stereocenters. The fourth-order valence-corrected chi connectivity index (χ4v) is 0.714. The van der Waals surface area contributed by atoms with Crippen molar-refractivity contribution in [2.24, 2.45) is 0 Å². The van der Waals surface area contributed by atoms with Crippen LogP contribution in [-0.2, 0) is 0 Å². The minimum atomic E-state index is 0.262. The molecule has 0 aliphatic carbocycles. The highest BCUT2D eigenvalue weighted by molar-refractivity contribution is 14.1. The molecule has 1 nitrogen and oxygen atoms in total. The van der Waals surface area contributed by atoms with Gasteiger partial charge in [-0.1, -0.05) is 22.6 Å². The molecule has 0 saturated carbocycles. The topological polar surface area (TPSA) is 20.2 Å². The Labute approximate surface area is 70.5 Å². The average Bonchev–Trinajstić information content (AvgIpc) is 1.68. The van der Waals surface area contributed by atoms with Crippen molar-refractivity contribution in [3.8, 4) is 0 Å². The molecule has 0 aromatic heterocycles. The lowest BCUT2D eigenvalue weighted by molar-refractivity contribution is 0.302. The van der Waals surface area contributed by atoms with Crippen molar-refractivity contribution in [2.45, 2.75) is 6.42 Å². The quantitative estimate of drug-likeness (QED) is 0.771. The predicted octanol–water partition coefficient (Wildman–Crippen LogP) is 2.08. The van der Waals surface area contributed by atoms with E-state index in [9.17, 15) is 0 Å². The minimum absolute atomic E-state index is 0.262. The van der Waals surface area contributed by atoms with Crippen LogP contribution in [0, 0.1) is 0 Å². The van der Waals surface area contributed by atoms with E-state index < -0.39 is 0 Å². The lowest BCUT2D eigenvalue weighted by atomic mass is 10.5. The second-order valence-electron chi connectivity index (χ2n) is 1.03. The molecule has 0 radical (unpaired) electrons.